The fourth-order valence-electron chi connectivity index (χ4n) is 3.30. The Balaban J connectivity index is 0.00000312. The Kier molecular flexibility index (Phi) is 8.39. The van der Waals surface area contributed by atoms with E-state index in [1.54, 1.807) is 0 Å². The van der Waals surface area contributed by atoms with Gasteiger partial charge in [0.1, 0.15) is 0 Å². The lowest BCUT2D eigenvalue weighted by Gasteiger charge is -2.38. The minimum atomic E-state index is -0.587. The highest BCUT2D eigenvalue weighted by atomic mass is 35.5. The van der Waals surface area contributed by atoms with Gasteiger partial charge < -0.3 is 16.4 Å². The lowest BCUT2D eigenvalue weighted by molar-refractivity contribution is -0.128. The molecular formula is C19H30ClN3O2. The molecule has 0 heterocycles. The highest BCUT2D eigenvalue weighted by Crippen LogP contribution is 2.36. The van der Waals surface area contributed by atoms with Crippen LogP contribution in [-0.2, 0) is 15.1 Å². The molecule has 0 aliphatic heterocycles. The Morgan fingerprint density at radius 3 is 2.28 bits per heavy atom. The normalized spacial score (nSPS) is 17.3. The second-order valence-corrected chi connectivity index (χ2v) is 7.04. The van der Waals surface area contributed by atoms with Gasteiger partial charge in [0, 0.05) is 0 Å². The van der Waals surface area contributed by atoms with Gasteiger partial charge in [-0.05, 0) is 24.3 Å². The van der Waals surface area contributed by atoms with Crippen molar-refractivity contribution in [3.63, 3.8) is 0 Å². The standard InChI is InChI=1S/C19H29N3O2.ClH/c1-14(2)17(20)18(24)21-13-16(23)22-19(11-7-4-8-12-19)15-9-5-3-6-10-15;/h3,5-6,9-10,14,17H,4,7-8,11-13,20H2,1-2H3,(H,21,24)(H,22,23);1H/t17-;/m0./s1. The van der Waals surface area contributed by atoms with Crippen LogP contribution in [0.15, 0.2) is 30.3 Å². The van der Waals surface area contributed by atoms with Gasteiger partial charge in [0.25, 0.3) is 0 Å². The van der Waals surface area contributed by atoms with Crippen LogP contribution in [0.25, 0.3) is 0 Å². The van der Waals surface area contributed by atoms with E-state index in [4.69, 9.17) is 5.73 Å². The first kappa shape index (κ1) is 21.5. The van der Waals surface area contributed by atoms with Crippen LogP contribution in [0.3, 0.4) is 0 Å². The quantitative estimate of drug-likeness (QED) is 0.722. The zero-order chi connectivity index (χ0) is 17.6. The van der Waals surface area contributed by atoms with E-state index in [0.29, 0.717) is 0 Å². The predicted molar refractivity (Wildman–Crippen MR) is 102 cm³/mol. The molecule has 0 aromatic heterocycles. The Labute approximate surface area is 156 Å². The Hall–Kier alpha value is -1.59. The molecule has 6 heteroatoms. The molecule has 0 radical (unpaired) electrons. The molecular weight excluding hydrogens is 338 g/mol. The van der Waals surface area contributed by atoms with Crippen molar-refractivity contribution in [3.8, 4) is 0 Å². The average molecular weight is 368 g/mol. The van der Waals surface area contributed by atoms with Crippen LogP contribution < -0.4 is 16.4 Å². The van der Waals surface area contributed by atoms with Crippen molar-refractivity contribution >= 4 is 24.2 Å². The molecule has 1 saturated carbocycles. The highest BCUT2D eigenvalue weighted by molar-refractivity contribution is 5.87. The summed E-state index contributed by atoms with van der Waals surface area (Å²) in [6, 6.07) is 9.53. The number of hydrogen-bond acceptors (Lipinski definition) is 3. The summed E-state index contributed by atoms with van der Waals surface area (Å²) in [7, 11) is 0. The summed E-state index contributed by atoms with van der Waals surface area (Å²) in [6.07, 6.45) is 5.26. The monoisotopic (exact) mass is 367 g/mol. The maximum Gasteiger partial charge on any atom is 0.240 e. The molecule has 1 aromatic rings. The third-order valence-electron chi connectivity index (χ3n) is 4.86. The number of carbonyl (C=O) groups is 2. The van der Waals surface area contributed by atoms with Crippen molar-refractivity contribution in [3.05, 3.63) is 35.9 Å². The van der Waals surface area contributed by atoms with E-state index in [0.717, 1.165) is 31.2 Å². The summed E-state index contributed by atoms with van der Waals surface area (Å²) >= 11 is 0. The zero-order valence-electron chi connectivity index (χ0n) is 15.1. The molecule has 1 fully saturated rings. The smallest absolute Gasteiger partial charge is 0.240 e. The maximum absolute atomic E-state index is 12.4. The number of nitrogens with one attached hydrogen (secondary N) is 2. The van der Waals surface area contributed by atoms with Crippen LogP contribution in [0.2, 0.25) is 0 Å². The van der Waals surface area contributed by atoms with Gasteiger partial charge in [-0.2, -0.15) is 0 Å². The molecule has 0 spiro atoms. The minimum absolute atomic E-state index is 0. The summed E-state index contributed by atoms with van der Waals surface area (Å²) < 4.78 is 0. The van der Waals surface area contributed by atoms with Crippen LogP contribution in [0.1, 0.15) is 51.5 Å². The Morgan fingerprint density at radius 1 is 1.12 bits per heavy atom. The molecule has 2 amide bonds. The van der Waals surface area contributed by atoms with E-state index < -0.39 is 6.04 Å². The molecule has 0 saturated heterocycles. The number of rotatable bonds is 6. The molecule has 140 valence electrons. The summed E-state index contributed by atoms with van der Waals surface area (Å²) in [5, 5.41) is 5.82. The lowest BCUT2D eigenvalue weighted by Crippen LogP contribution is -2.52. The van der Waals surface area contributed by atoms with Crippen LogP contribution in [0, 0.1) is 5.92 Å². The van der Waals surface area contributed by atoms with Crippen molar-refractivity contribution in [1.82, 2.24) is 10.6 Å². The van der Waals surface area contributed by atoms with E-state index in [1.807, 2.05) is 32.0 Å². The fourth-order valence-corrected chi connectivity index (χ4v) is 3.30. The SMILES string of the molecule is CC(C)[C@H](N)C(=O)NCC(=O)NC1(c2ccccc2)CCCCC1.Cl. The van der Waals surface area contributed by atoms with Crippen molar-refractivity contribution in [2.75, 3.05) is 6.54 Å². The summed E-state index contributed by atoms with van der Waals surface area (Å²) in [5.74, 6) is -0.398. The minimum Gasteiger partial charge on any atom is -0.346 e. The van der Waals surface area contributed by atoms with E-state index in [9.17, 15) is 9.59 Å². The number of hydrogen-bond donors (Lipinski definition) is 3. The molecule has 25 heavy (non-hydrogen) atoms. The summed E-state index contributed by atoms with van der Waals surface area (Å²) in [6.45, 7) is 3.74. The van der Waals surface area contributed by atoms with E-state index in [1.165, 1.54) is 6.42 Å². The third-order valence-corrected chi connectivity index (χ3v) is 4.86. The number of nitrogens with two attached hydrogens (primary N) is 1. The zero-order valence-corrected chi connectivity index (χ0v) is 15.9. The maximum atomic E-state index is 12.4. The molecule has 0 bridgehead atoms. The van der Waals surface area contributed by atoms with Gasteiger partial charge in [0.15, 0.2) is 0 Å². The van der Waals surface area contributed by atoms with Crippen molar-refractivity contribution in [1.29, 1.82) is 0 Å². The van der Waals surface area contributed by atoms with Crippen LogP contribution in [0.4, 0.5) is 0 Å². The molecule has 1 aliphatic rings. The number of carbonyl (C=O) groups excluding carboxylic acids is 2. The van der Waals surface area contributed by atoms with E-state index in [2.05, 4.69) is 22.8 Å². The van der Waals surface area contributed by atoms with Gasteiger partial charge in [-0.3, -0.25) is 9.59 Å². The molecule has 1 aromatic carbocycles. The van der Waals surface area contributed by atoms with Crippen molar-refractivity contribution in [2.24, 2.45) is 11.7 Å². The van der Waals surface area contributed by atoms with Crippen molar-refractivity contribution in [2.45, 2.75) is 57.5 Å². The molecule has 0 unspecified atom stereocenters. The summed E-state index contributed by atoms with van der Waals surface area (Å²) in [4.78, 5) is 24.3. The number of amides is 2. The van der Waals surface area contributed by atoms with Crippen LogP contribution in [-0.4, -0.2) is 24.4 Å². The Morgan fingerprint density at radius 2 is 1.72 bits per heavy atom. The largest absolute Gasteiger partial charge is 0.346 e. The second kappa shape index (κ2) is 9.78. The van der Waals surface area contributed by atoms with Gasteiger partial charge in [-0.15, -0.1) is 12.4 Å². The third kappa shape index (κ3) is 5.72. The number of halogens is 1. The molecule has 1 atom stereocenters. The van der Waals surface area contributed by atoms with Crippen molar-refractivity contribution < 1.29 is 9.59 Å². The van der Waals surface area contributed by atoms with Gasteiger partial charge in [-0.1, -0.05) is 63.4 Å². The highest BCUT2D eigenvalue weighted by Gasteiger charge is 2.35. The first-order valence-corrected chi connectivity index (χ1v) is 8.84. The lowest BCUT2D eigenvalue weighted by atomic mass is 9.76. The van der Waals surface area contributed by atoms with Gasteiger partial charge >= 0.3 is 0 Å². The van der Waals surface area contributed by atoms with Gasteiger partial charge in [0.05, 0.1) is 18.1 Å². The molecule has 5 nitrogen and oxygen atoms in total. The Bertz CT molecular complexity index is 557. The van der Waals surface area contributed by atoms with E-state index >= 15 is 0 Å². The van der Waals surface area contributed by atoms with Gasteiger partial charge in [-0.25, -0.2) is 0 Å². The first-order chi connectivity index (χ1) is 11.4. The number of benzene rings is 1. The average Bonchev–Trinajstić information content (AvgIpc) is 2.60. The van der Waals surface area contributed by atoms with E-state index in [-0.39, 0.29) is 42.2 Å². The predicted octanol–water partition coefficient (Wildman–Crippen LogP) is 2.48. The van der Waals surface area contributed by atoms with Crippen LogP contribution >= 0.6 is 12.4 Å². The summed E-state index contributed by atoms with van der Waals surface area (Å²) in [5.41, 5.74) is 6.63. The molecule has 1 aliphatic carbocycles. The first-order valence-electron chi connectivity index (χ1n) is 8.84. The van der Waals surface area contributed by atoms with Gasteiger partial charge in [0.2, 0.25) is 11.8 Å². The molecule has 4 N–H and O–H groups in total. The second-order valence-electron chi connectivity index (χ2n) is 7.04. The molecule has 2 rings (SSSR count). The topological polar surface area (TPSA) is 84.2 Å². The van der Waals surface area contributed by atoms with Crippen LogP contribution in [0.5, 0.6) is 0 Å². The fraction of sp³-hybridized carbons (Fsp3) is 0.579.